The zero-order valence-corrected chi connectivity index (χ0v) is 16.6. The van der Waals surface area contributed by atoms with Gasteiger partial charge in [0.25, 0.3) is 0 Å². The van der Waals surface area contributed by atoms with Crippen LogP contribution in [0.3, 0.4) is 0 Å². The Labute approximate surface area is 164 Å². The first-order valence-electron chi connectivity index (χ1n) is 9.55. The zero-order valence-electron chi connectivity index (χ0n) is 16.6. The lowest BCUT2D eigenvalue weighted by Crippen LogP contribution is -2.49. The molecule has 7 heteroatoms. The standard InChI is InChI=1S/C21H27N3O4/c1-14-20(16(3)26)15(2)24(22-14)10-9-19(27)23-11-12-28-18(13-25)21(23)17-7-5-4-6-8-17/h4-8,18,21,25H,9-13H2,1-3H3/t18-,21-/m1/s1. The Balaban J connectivity index is 1.77. The van der Waals surface area contributed by atoms with Crippen molar-refractivity contribution in [3.05, 3.63) is 52.8 Å². The van der Waals surface area contributed by atoms with Crippen LogP contribution in [0.5, 0.6) is 0 Å². The van der Waals surface area contributed by atoms with Gasteiger partial charge in [-0.2, -0.15) is 5.10 Å². The van der Waals surface area contributed by atoms with Crippen LogP contribution in [-0.2, 0) is 16.1 Å². The van der Waals surface area contributed by atoms with Gasteiger partial charge < -0.3 is 14.7 Å². The molecule has 0 unspecified atom stereocenters. The summed E-state index contributed by atoms with van der Waals surface area (Å²) in [5, 5.41) is 14.2. The van der Waals surface area contributed by atoms with Crippen LogP contribution in [0.2, 0.25) is 0 Å². The van der Waals surface area contributed by atoms with Crippen molar-refractivity contribution in [3.8, 4) is 0 Å². The molecule has 0 saturated carbocycles. The normalized spacial score (nSPS) is 19.6. The number of hydrogen-bond donors (Lipinski definition) is 1. The van der Waals surface area contributed by atoms with Crippen molar-refractivity contribution in [2.24, 2.45) is 0 Å². The minimum absolute atomic E-state index is 0.0179. The van der Waals surface area contributed by atoms with Gasteiger partial charge in [0.15, 0.2) is 5.78 Å². The molecule has 150 valence electrons. The monoisotopic (exact) mass is 385 g/mol. The van der Waals surface area contributed by atoms with Crippen LogP contribution < -0.4 is 0 Å². The van der Waals surface area contributed by atoms with E-state index >= 15 is 0 Å². The van der Waals surface area contributed by atoms with Gasteiger partial charge >= 0.3 is 0 Å². The van der Waals surface area contributed by atoms with E-state index in [1.54, 1.807) is 16.5 Å². The van der Waals surface area contributed by atoms with Crippen LogP contribution in [0.25, 0.3) is 0 Å². The van der Waals surface area contributed by atoms with E-state index in [2.05, 4.69) is 5.10 Å². The summed E-state index contributed by atoms with van der Waals surface area (Å²) in [4.78, 5) is 26.6. The summed E-state index contributed by atoms with van der Waals surface area (Å²) >= 11 is 0. The van der Waals surface area contributed by atoms with Crippen molar-refractivity contribution in [2.45, 2.75) is 45.9 Å². The van der Waals surface area contributed by atoms with E-state index in [1.807, 2.05) is 37.3 Å². The molecule has 7 nitrogen and oxygen atoms in total. The van der Waals surface area contributed by atoms with E-state index in [9.17, 15) is 14.7 Å². The van der Waals surface area contributed by atoms with Crippen molar-refractivity contribution in [2.75, 3.05) is 19.8 Å². The van der Waals surface area contributed by atoms with Gasteiger partial charge in [0, 0.05) is 25.2 Å². The number of benzene rings is 1. The Hall–Kier alpha value is -2.51. The number of ketones is 1. The lowest BCUT2D eigenvalue weighted by atomic mass is 9.98. The molecule has 0 aliphatic carbocycles. The number of rotatable bonds is 6. The second-order valence-electron chi connectivity index (χ2n) is 7.11. The molecule has 2 heterocycles. The summed E-state index contributed by atoms with van der Waals surface area (Å²) in [5.41, 5.74) is 3.04. The van der Waals surface area contributed by atoms with E-state index in [4.69, 9.17) is 4.74 Å². The first kappa shape index (κ1) is 20.2. The van der Waals surface area contributed by atoms with E-state index in [1.165, 1.54) is 6.92 Å². The second-order valence-corrected chi connectivity index (χ2v) is 7.11. The Kier molecular flexibility index (Phi) is 6.26. The number of morpholine rings is 1. The summed E-state index contributed by atoms with van der Waals surface area (Å²) in [6.07, 6.45) is -0.182. The van der Waals surface area contributed by atoms with Crippen LogP contribution in [0.4, 0.5) is 0 Å². The summed E-state index contributed by atoms with van der Waals surface area (Å²) in [5.74, 6) is -0.0387. The topological polar surface area (TPSA) is 84.7 Å². The average molecular weight is 385 g/mol. The molecule has 1 fully saturated rings. The van der Waals surface area contributed by atoms with Crippen molar-refractivity contribution in [1.29, 1.82) is 0 Å². The molecule has 0 radical (unpaired) electrons. The lowest BCUT2D eigenvalue weighted by Gasteiger charge is -2.41. The Bertz CT molecular complexity index is 847. The number of carbonyl (C=O) groups is 2. The molecule has 1 aromatic heterocycles. The van der Waals surface area contributed by atoms with Gasteiger partial charge in [-0.1, -0.05) is 30.3 Å². The van der Waals surface area contributed by atoms with Crippen molar-refractivity contribution < 1.29 is 19.4 Å². The zero-order chi connectivity index (χ0) is 20.3. The fourth-order valence-corrected chi connectivity index (χ4v) is 3.98. The number of hydrogen-bond acceptors (Lipinski definition) is 5. The number of aryl methyl sites for hydroxylation is 2. The Morgan fingerprint density at radius 3 is 2.57 bits per heavy atom. The SMILES string of the molecule is CC(=O)c1c(C)nn(CCC(=O)N2CCO[C@H](CO)[C@H]2c2ccccc2)c1C. The van der Waals surface area contributed by atoms with E-state index < -0.39 is 6.10 Å². The number of aliphatic hydroxyl groups is 1. The number of Topliss-reactive ketones (excluding diaryl/α,β-unsaturated/α-hetero) is 1. The Morgan fingerprint density at radius 1 is 1.25 bits per heavy atom. The lowest BCUT2D eigenvalue weighted by molar-refractivity contribution is -0.150. The summed E-state index contributed by atoms with van der Waals surface area (Å²) in [6.45, 7) is 6.31. The van der Waals surface area contributed by atoms with Crippen LogP contribution in [0, 0.1) is 13.8 Å². The number of carbonyl (C=O) groups excluding carboxylic acids is 2. The number of ether oxygens (including phenoxy) is 1. The molecule has 2 atom stereocenters. The molecule has 3 rings (SSSR count). The van der Waals surface area contributed by atoms with Gasteiger partial charge in [-0.25, -0.2) is 0 Å². The molecule has 1 amide bonds. The highest BCUT2D eigenvalue weighted by atomic mass is 16.5. The fraction of sp³-hybridized carbons (Fsp3) is 0.476. The van der Waals surface area contributed by atoms with Crippen molar-refractivity contribution >= 4 is 11.7 Å². The summed E-state index contributed by atoms with van der Waals surface area (Å²) in [7, 11) is 0. The third-order valence-corrected chi connectivity index (χ3v) is 5.26. The molecule has 1 aliphatic heterocycles. The van der Waals surface area contributed by atoms with Crippen LogP contribution in [0.1, 0.15) is 46.7 Å². The van der Waals surface area contributed by atoms with Gasteiger partial charge in [0.05, 0.1) is 30.5 Å². The predicted molar refractivity (Wildman–Crippen MR) is 104 cm³/mol. The van der Waals surface area contributed by atoms with Gasteiger partial charge in [0.2, 0.25) is 5.91 Å². The van der Waals surface area contributed by atoms with Crippen molar-refractivity contribution in [3.63, 3.8) is 0 Å². The maximum Gasteiger partial charge on any atom is 0.225 e. The highest BCUT2D eigenvalue weighted by Gasteiger charge is 2.35. The van der Waals surface area contributed by atoms with Gasteiger partial charge in [0.1, 0.15) is 6.10 Å². The van der Waals surface area contributed by atoms with Gasteiger partial charge in [-0.15, -0.1) is 0 Å². The maximum atomic E-state index is 13.0. The molecule has 1 saturated heterocycles. The third kappa shape index (κ3) is 4.00. The molecule has 1 N–H and O–H groups in total. The fourth-order valence-electron chi connectivity index (χ4n) is 3.98. The molecule has 0 bridgehead atoms. The highest BCUT2D eigenvalue weighted by Crippen LogP contribution is 2.30. The van der Waals surface area contributed by atoms with Crippen LogP contribution in [-0.4, -0.2) is 57.3 Å². The molecule has 0 spiro atoms. The minimum atomic E-state index is -0.446. The number of nitrogens with zero attached hydrogens (tertiary/aromatic N) is 3. The number of aromatic nitrogens is 2. The molecular weight excluding hydrogens is 358 g/mol. The van der Waals surface area contributed by atoms with E-state index in [0.717, 1.165) is 11.3 Å². The molecule has 1 aliphatic rings. The first-order chi connectivity index (χ1) is 13.4. The summed E-state index contributed by atoms with van der Waals surface area (Å²) < 4.78 is 7.43. The third-order valence-electron chi connectivity index (χ3n) is 5.26. The number of aliphatic hydroxyl groups excluding tert-OH is 1. The summed E-state index contributed by atoms with van der Waals surface area (Å²) in [6, 6.07) is 9.33. The van der Waals surface area contributed by atoms with E-state index in [0.29, 0.717) is 31.0 Å². The Morgan fingerprint density at radius 2 is 1.96 bits per heavy atom. The largest absolute Gasteiger partial charge is 0.394 e. The number of amides is 1. The molecular formula is C21H27N3O4. The average Bonchev–Trinajstić information content (AvgIpc) is 2.99. The van der Waals surface area contributed by atoms with Crippen LogP contribution >= 0.6 is 0 Å². The van der Waals surface area contributed by atoms with Crippen LogP contribution in [0.15, 0.2) is 30.3 Å². The van der Waals surface area contributed by atoms with Gasteiger partial charge in [-0.05, 0) is 26.3 Å². The smallest absolute Gasteiger partial charge is 0.225 e. The maximum absolute atomic E-state index is 13.0. The van der Waals surface area contributed by atoms with E-state index in [-0.39, 0.29) is 30.8 Å². The van der Waals surface area contributed by atoms with Crippen molar-refractivity contribution in [1.82, 2.24) is 14.7 Å². The quantitative estimate of drug-likeness (QED) is 0.770. The molecule has 28 heavy (non-hydrogen) atoms. The second kappa shape index (κ2) is 8.67. The molecule has 2 aromatic rings. The first-order valence-corrected chi connectivity index (χ1v) is 9.55. The molecule has 1 aromatic carbocycles. The van der Waals surface area contributed by atoms with Gasteiger partial charge in [-0.3, -0.25) is 14.3 Å². The highest BCUT2D eigenvalue weighted by molar-refractivity contribution is 5.96. The predicted octanol–water partition coefficient (Wildman–Crippen LogP) is 2.05. The minimum Gasteiger partial charge on any atom is -0.394 e.